The Bertz CT molecular complexity index is 670. The van der Waals surface area contributed by atoms with Crippen LogP contribution >= 0.6 is 0 Å². The van der Waals surface area contributed by atoms with Gasteiger partial charge in [-0.1, -0.05) is 12.8 Å². The minimum absolute atomic E-state index is 0.154. The lowest BCUT2D eigenvalue weighted by atomic mass is 10.1. The van der Waals surface area contributed by atoms with Crippen LogP contribution in [-0.2, 0) is 0 Å². The molecule has 2 aliphatic rings. The Labute approximate surface area is 174 Å². The summed E-state index contributed by atoms with van der Waals surface area (Å²) in [5.74, 6) is 1.71. The molecule has 1 heterocycles. The highest BCUT2D eigenvalue weighted by Crippen LogP contribution is 2.26. The molecule has 1 saturated carbocycles. The van der Waals surface area contributed by atoms with Gasteiger partial charge in [-0.15, -0.1) is 0 Å². The van der Waals surface area contributed by atoms with E-state index < -0.39 is 0 Å². The predicted molar refractivity (Wildman–Crippen MR) is 116 cm³/mol. The first-order valence-electron chi connectivity index (χ1n) is 11.0. The number of phenols is 1. The van der Waals surface area contributed by atoms with Crippen molar-refractivity contribution in [2.24, 2.45) is 10.9 Å². The van der Waals surface area contributed by atoms with E-state index in [0.717, 1.165) is 37.9 Å². The third kappa shape index (κ3) is 6.92. The van der Waals surface area contributed by atoms with Crippen molar-refractivity contribution in [3.63, 3.8) is 0 Å². The molecule has 2 fully saturated rings. The fourth-order valence-corrected chi connectivity index (χ4v) is 4.24. The number of aromatic hydroxyl groups is 1. The Morgan fingerprint density at radius 2 is 1.93 bits per heavy atom. The van der Waals surface area contributed by atoms with Crippen molar-refractivity contribution in [3.05, 3.63) is 29.8 Å². The first-order valence-corrected chi connectivity index (χ1v) is 11.0. The Balaban J connectivity index is 1.40. The highest BCUT2D eigenvalue weighted by molar-refractivity contribution is 5.94. The molecule has 1 aliphatic heterocycles. The van der Waals surface area contributed by atoms with Crippen LogP contribution in [-0.4, -0.2) is 67.2 Å². The Hall–Kier alpha value is -2.28. The summed E-state index contributed by atoms with van der Waals surface area (Å²) in [5, 5.41) is 19.0. The van der Waals surface area contributed by atoms with Gasteiger partial charge >= 0.3 is 0 Å². The van der Waals surface area contributed by atoms with Crippen molar-refractivity contribution in [1.82, 2.24) is 20.9 Å². The van der Waals surface area contributed by atoms with Gasteiger partial charge in [-0.05, 0) is 56.4 Å². The first-order chi connectivity index (χ1) is 14.1. The topological polar surface area (TPSA) is 89.0 Å². The highest BCUT2D eigenvalue weighted by Gasteiger charge is 2.26. The zero-order valence-corrected chi connectivity index (χ0v) is 17.5. The van der Waals surface area contributed by atoms with Crippen LogP contribution in [0.25, 0.3) is 0 Å². The molecule has 1 saturated heterocycles. The summed E-state index contributed by atoms with van der Waals surface area (Å²) in [6.45, 7) is 7.34. The lowest BCUT2D eigenvalue weighted by molar-refractivity contribution is 0.0955. The van der Waals surface area contributed by atoms with E-state index in [-0.39, 0.29) is 11.7 Å². The fraction of sp³-hybridized carbons (Fsp3) is 0.636. The molecule has 0 spiro atoms. The van der Waals surface area contributed by atoms with Gasteiger partial charge in [-0.25, -0.2) is 0 Å². The number of carbonyl (C=O) groups is 1. The lowest BCUT2D eigenvalue weighted by Gasteiger charge is -2.21. The van der Waals surface area contributed by atoms with Crippen molar-refractivity contribution in [1.29, 1.82) is 0 Å². The van der Waals surface area contributed by atoms with E-state index in [1.165, 1.54) is 44.4 Å². The normalized spacial score (nSPS) is 20.7. The number of rotatable bonds is 8. The van der Waals surface area contributed by atoms with E-state index >= 15 is 0 Å². The summed E-state index contributed by atoms with van der Waals surface area (Å²) in [5.41, 5.74) is 0.533. The van der Waals surface area contributed by atoms with Crippen LogP contribution < -0.4 is 16.0 Å². The molecule has 1 aliphatic carbocycles. The number of benzene rings is 1. The molecule has 1 aromatic rings. The van der Waals surface area contributed by atoms with E-state index in [1.54, 1.807) is 12.1 Å². The second kappa shape index (κ2) is 11.0. The molecular weight excluding hydrogens is 366 g/mol. The van der Waals surface area contributed by atoms with Crippen molar-refractivity contribution < 1.29 is 9.90 Å². The standard InChI is InChI=1S/C22H35N5O2/c1-2-23-22(25-13-12-24-21(29)18-7-9-20(28)10-8-18)26-19-11-14-27(16-19)15-17-5-3-4-6-17/h7-10,17,19,28H,2-6,11-16H2,1H3,(H,24,29)(H2,23,25,26). The average molecular weight is 402 g/mol. The molecular formula is C22H35N5O2. The summed E-state index contributed by atoms with van der Waals surface area (Å²) in [4.78, 5) is 19.3. The molecule has 1 amide bonds. The van der Waals surface area contributed by atoms with Gasteiger partial charge in [0.05, 0.1) is 6.54 Å². The van der Waals surface area contributed by atoms with E-state index in [1.807, 2.05) is 0 Å². The number of amides is 1. The van der Waals surface area contributed by atoms with Crippen molar-refractivity contribution in [2.45, 2.75) is 45.1 Å². The molecule has 7 heteroatoms. The highest BCUT2D eigenvalue weighted by atomic mass is 16.3. The molecule has 1 aromatic carbocycles. The van der Waals surface area contributed by atoms with Crippen LogP contribution in [0.2, 0.25) is 0 Å². The van der Waals surface area contributed by atoms with Crippen molar-refractivity contribution in [2.75, 3.05) is 39.3 Å². The maximum Gasteiger partial charge on any atom is 0.251 e. The summed E-state index contributed by atoms with van der Waals surface area (Å²) in [7, 11) is 0. The Morgan fingerprint density at radius 3 is 2.66 bits per heavy atom. The number of carbonyl (C=O) groups excluding carboxylic acids is 1. The van der Waals surface area contributed by atoms with Crippen LogP contribution in [0.5, 0.6) is 5.75 Å². The number of hydrogen-bond donors (Lipinski definition) is 4. The summed E-state index contributed by atoms with van der Waals surface area (Å²) >= 11 is 0. The van der Waals surface area contributed by atoms with Gasteiger partial charge in [0.25, 0.3) is 5.91 Å². The molecule has 0 radical (unpaired) electrons. The number of phenolic OH excluding ortho intramolecular Hbond substituents is 1. The average Bonchev–Trinajstić information content (AvgIpc) is 3.38. The number of aliphatic imine (C=N–C) groups is 1. The summed E-state index contributed by atoms with van der Waals surface area (Å²) in [6.07, 6.45) is 6.75. The summed E-state index contributed by atoms with van der Waals surface area (Å²) in [6, 6.07) is 6.67. The zero-order valence-electron chi connectivity index (χ0n) is 17.5. The number of guanidine groups is 1. The molecule has 3 rings (SSSR count). The number of hydrogen-bond acceptors (Lipinski definition) is 4. The van der Waals surface area contributed by atoms with Crippen LogP contribution in [0.1, 0.15) is 49.4 Å². The quantitative estimate of drug-likeness (QED) is 0.304. The second-order valence-corrected chi connectivity index (χ2v) is 8.10. The van der Waals surface area contributed by atoms with Gasteiger partial charge in [0.15, 0.2) is 5.96 Å². The largest absolute Gasteiger partial charge is 0.508 e. The molecule has 4 N–H and O–H groups in total. The van der Waals surface area contributed by atoms with Gasteiger partial charge in [-0.2, -0.15) is 0 Å². The molecule has 160 valence electrons. The number of likely N-dealkylation sites (tertiary alicyclic amines) is 1. The van der Waals surface area contributed by atoms with Crippen LogP contribution in [0.4, 0.5) is 0 Å². The Kier molecular flexibility index (Phi) is 8.16. The number of nitrogens with one attached hydrogen (secondary N) is 3. The van der Waals surface area contributed by atoms with E-state index in [2.05, 4.69) is 32.8 Å². The minimum Gasteiger partial charge on any atom is -0.508 e. The minimum atomic E-state index is -0.156. The van der Waals surface area contributed by atoms with Gasteiger partial charge in [-0.3, -0.25) is 9.79 Å². The van der Waals surface area contributed by atoms with Gasteiger partial charge < -0.3 is 26.0 Å². The third-order valence-electron chi connectivity index (χ3n) is 5.75. The smallest absolute Gasteiger partial charge is 0.251 e. The first kappa shape index (κ1) is 21.4. The zero-order chi connectivity index (χ0) is 20.5. The maximum absolute atomic E-state index is 12.1. The molecule has 1 atom stereocenters. The van der Waals surface area contributed by atoms with E-state index in [9.17, 15) is 9.90 Å². The molecule has 7 nitrogen and oxygen atoms in total. The van der Waals surface area contributed by atoms with Crippen molar-refractivity contribution >= 4 is 11.9 Å². The molecule has 0 aromatic heterocycles. The van der Waals surface area contributed by atoms with Crippen LogP contribution in [0.15, 0.2) is 29.3 Å². The molecule has 0 bridgehead atoms. The third-order valence-corrected chi connectivity index (χ3v) is 5.75. The Morgan fingerprint density at radius 1 is 1.17 bits per heavy atom. The monoisotopic (exact) mass is 401 g/mol. The fourth-order valence-electron chi connectivity index (χ4n) is 4.24. The molecule has 29 heavy (non-hydrogen) atoms. The predicted octanol–water partition coefficient (Wildman–Crippen LogP) is 1.94. The van der Waals surface area contributed by atoms with Gasteiger partial charge in [0.1, 0.15) is 5.75 Å². The van der Waals surface area contributed by atoms with Gasteiger partial charge in [0.2, 0.25) is 0 Å². The van der Waals surface area contributed by atoms with Crippen molar-refractivity contribution in [3.8, 4) is 5.75 Å². The lowest BCUT2D eigenvalue weighted by Crippen LogP contribution is -2.45. The van der Waals surface area contributed by atoms with Crippen LogP contribution in [0, 0.1) is 5.92 Å². The number of nitrogens with zero attached hydrogens (tertiary/aromatic N) is 2. The van der Waals surface area contributed by atoms with E-state index in [4.69, 9.17) is 0 Å². The molecule has 1 unspecified atom stereocenters. The van der Waals surface area contributed by atoms with Gasteiger partial charge in [0, 0.05) is 44.3 Å². The maximum atomic E-state index is 12.1. The van der Waals surface area contributed by atoms with Crippen LogP contribution in [0.3, 0.4) is 0 Å². The summed E-state index contributed by atoms with van der Waals surface area (Å²) < 4.78 is 0. The SMILES string of the molecule is CCNC(=NCCNC(=O)c1ccc(O)cc1)NC1CCN(CC2CCCC2)C1. The van der Waals surface area contributed by atoms with E-state index in [0.29, 0.717) is 24.7 Å². The second-order valence-electron chi connectivity index (χ2n) is 8.10.